The van der Waals surface area contributed by atoms with Gasteiger partial charge in [-0.1, -0.05) is 13.0 Å². The molecule has 0 saturated carbocycles. The molecule has 0 aliphatic heterocycles. The second kappa shape index (κ2) is 6.88. The first kappa shape index (κ1) is 14.3. The van der Waals surface area contributed by atoms with Gasteiger partial charge in [0.1, 0.15) is 0 Å². The Hall–Kier alpha value is -2.12. The van der Waals surface area contributed by atoms with E-state index in [2.05, 4.69) is 34.1 Å². The summed E-state index contributed by atoms with van der Waals surface area (Å²) >= 11 is 0. The van der Waals surface area contributed by atoms with Crippen molar-refractivity contribution in [3.05, 3.63) is 53.1 Å². The van der Waals surface area contributed by atoms with Gasteiger partial charge in [0.25, 0.3) is 0 Å². The number of aromatic nitrogens is 2. The molecule has 0 spiro atoms. The van der Waals surface area contributed by atoms with E-state index in [9.17, 15) is 0 Å². The lowest BCUT2D eigenvalue weighted by Crippen LogP contribution is -2.16. The summed E-state index contributed by atoms with van der Waals surface area (Å²) in [5, 5.41) is 12.2. The number of hydrogen-bond donors (Lipinski definition) is 1. The number of nitrogens with zero attached hydrogens (tertiary/aromatic N) is 3. The summed E-state index contributed by atoms with van der Waals surface area (Å²) in [6, 6.07) is 7.98. The SMILES string of the molecule is CCNCCc1cn(Cc2ccc(C#N)cc2C)cn1. The largest absolute Gasteiger partial charge is 0.333 e. The van der Waals surface area contributed by atoms with Gasteiger partial charge in [-0.3, -0.25) is 0 Å². The van der Waals surface area contributed by atoms with Crippen LogP contribution < -0.4 is 5.32 Å². The second-order valence-corrected chi connectivity index (χ2v) is 4.89. The van der Waals surface area contributed by atoms with E-state index in [4.69, 9.17) is 5.26 Å². The van der Waals surface area contributed by atoms with Crippen LogP contribution in [-0.4, -0.2) is 22.6 Å². The molecule has 1 aromatic carbocycles. The van der Waals surface area contributed by atoms with Crippen LogP contribution in [0.2, 0.25) is 0 Å². The lowest BCUT2D eigenvalue weighted by Gasteiger charge is -2.06. The summed E-state index contributed by atoms with van der Waals surface area (Å²) < 4.78 is 2.09. The first-order valence-corrected chi connectivity index (χ1v) is 6.94. The van der Waals surface area contributed by atoms with Gasteiger partial charge in [-0.05, 0) is 36.7 Å². The highest BCUT2D eigenvalue weighted by atomic mass is 15.0. The second-order valence-electron chi connectivity index (χ2n) is 4.89. The van der Waals surface area contributed by atoms with E-state index in [-0.39, 0.29) is 0 Å². The monoisotopic (exact) mass is 268 g/mol. The number of nitriles is 1. The van der Waals surface area contributed by atoms with Gasteiger partial charge in [-0.2, -0.15) is 5.26 Å². The van der Waals surface area contributed by atoms with E-state index in [0.717, 1.165) is 37.3 Å². The average Bonchev–Trinajstić information content (AvgIpc) is 2.89. The Morgan fingerprint density at radius 1 is 1.40 bits per heavy atom. The predicted octanol–water partition coefficient (Wildman–Crippen LogP) is 2.26. The minimum Gasteiger partial charge on any atom is -0.333 e. The predicted molar refractivity (Wildman–Crippen MR) is 79.5 cm³/mol. The molecule has 0 atom stereocenters. The summed E-state index contributed by atoms with van der Waals surface area (Å²) in [7, 11) is 0. The van der Waals surface area contributed by atoms with Gasteiger partial charge < -0.3 is 9.88 Å². The van der Waals surface area contributed by atoms with Crippen molar-refractivity contribution in [2.24, 2.45) is 0 Å². The number of benzene rings is 1. The van der Waals surface area contributed by atoms with Gasteiger partial charge in [-0.25, -0.2) is 4.98 Å². The lowest BCUT2D eigenvalue weighted by molar-refractivity contribution is 0.708. The van der Waals surface area contributed by atoms with Crippen LogP contribution in [0.5, 0.6) is 0 Å². The molecule has 1 heterocycles. The molecule has 0 saturated heterocycles. The number of rotatable bonds is 6. The Morgan fingerprint density at radius 3 is 2.95 bits per heavy atom. The zero-order valence-electron chi connectivity index (χ0n) is 12.1. The number of imidazole rings is 1. The molecule has 4 heteroatoms. The Bertz CT molecular complexity index is 607. The Kier molecular flexibility index (Phi) is 4.91. The van der Waals surface area contributed by atoms with E-state index in [1.165, 1.54) is 5.56 Å². The molecule has 0 aliphatic carbocycles. The van der Waals surface area contributed by atoms with Crippen LogP contribution in [0.1, 0.15) is 29.3 Å². The highest BCUT2D eigenvalue weighted by molar-refractivity contribution is 5.37. The average molecular weight is 268 g/mol. The molecule has 1 aromatic heterocycles. The van der Waals surface area contributed by atoms with Crippen LogP contribution in [0, 0.1) is 18.3 Å². The third kappa shape index (κ3) is 3.69. The summed E-state index contributed by atoms with van der Waals surface area (Å²) in [6.07, 6.45) is 4.92. The standard InChI is InChI=1S/C16H20N4/c1-3-18-7-6-16-11-20(12-19-16)10-15-5-4-14(9-17)8-13(15)2/h4-5,8,11-12,18H,3,6-7,10H2,1-2H3. The topological polar surface area (TPSA) is 53.6 Å². The first-order valence-electron chi connectivity index (χ1n) is 6.94. The molecule has 0 amide bonds. The Labute approximate surface area is 120 Å². The molecular weight excluding hydrogens is 248 g/mol. The van der Waals surface area contributed by atoms with Crippen molar-refractivity contribution in [1.82, 2.24) is 14.9 Å². The summed E-state index contributed by atoms with van der Waals surface area (Å²) in [6.45, 7) is 6.89. The van der Waals surface area contributed by atoms with Crippen molar-refractivity contribution in [1.29, 1.82) is 5.26 Å². The summed E-state index contributed by atoms with van der Waals surface area (Å²) in [5.74, 6) is 0. The highest BCUT2D eigenvalue weighted by Crippen LogP contribution is 2.12. The molecule has 2 rings (SSSR count). The van der Waals surface area contributed by atoms with E-state index in [0.29, 0.717) is 5.56 Å². The Morgan fingerprint density at radius 2 is 2.25 bits per heavy atom. The smallest absolute Gasteiger partial charge is 0.0991 e. The fourth-order valence-corrected chi connectivity index (χ4v) is 2.15. The van der Waals surface area contributed by atoms with Crippen LogP contribution in [0.3, 0.4) is 0 Å². The molecule has 20 heavy (non-hydrogen) atoms. The molecular formula is C16H20N4. The van der Waals surface area contributed by atoms with E-state index in [1.807, 2.05) is 31.5 Å². The molecule has 0 fully saturated rings. The fourth-order valence-electron chi connectivity index (χ4n) is 2.15. The maximum Gasteiger partial charge on any atom is 0.0991 e. The molecule has 0 radical (unpaired) electrons. The molecule has 2 aromatic rings. The zero-order valence-corrected chi connectivity index (χ0v) is 12.1. The molecule has 0 unspecified atom stereocenters. The van der Waals surface area contributed by atoms with Crippen LogP contribution in [-0.2, 0) is 13.0 Å². The maximum atomic E-state index is 8.88. The van der Waals surface area contributed by atoms with Crippen LogP contribution in [0.25, 0.3) is 0 Å². The normalized spacial score (nSPS) is 10.4. The third-order valence-corrected chi connectivity index (χ3v) is 3.32. The van der Waals surface area contributed by atoms with Gasteiger partial charge in [0.2, 0.25) is 0 Å². The Balaban J connectivity index is 2.01. The molecule has 4 nitrogen and oxygen atoms in total. The third-order valence-electron chi connectivity index (χ3n) is 3.32. The van der Waals surface area contributed by atoms with E-state index >= 15 is 0 Å². The van der Waals surface area contributed by atoms with Crippen LogP contribution in [0.15, 0.2) is 30.7 Å². The molecule has 1 N–H and O–H groups in total. The lowest BCUT2D eigenvalue weighted by atomic mass is 10.1. The quantitative estimate of drug-likeness (QED) is 0.818. The van der Waals surface area contributed by atoms with Crippen molar-refractivity contribution in [3.63, 3.8) is 0 Å². The van der Waals surface area contributed by atoms with Crippen molar-refractivity contribution in [2.75, 3.05) is 13.1 Å². The fraction of sp³-hybridized carbons (Fsp3) is 0.375. The summed E-state index contributed by atoms with van der Waals surface area (Å²) in [4.78, 5) is 4.42. The van der Waals surface area contributed by atoms with Crippen molar-refractivity contribution in [2.45, 2.75) is 26.8 Å². The van der Waals surface area contributed by atoms with Gasteiger partial charge in [0.15, 0.2) is 0 Å². The van der Waals surface area contributed by atoms with Crippen LogP contribution in [0.4, 0.5) is 0 Å². The number of aryl methyl sites for hydroxylation is 1. The molecule has 0 aliphatic rings. The molecule has 104 valence electrons. The number of nitrogens with one attached hydrogen (secondary N) is 1. The number of likely N-dealkylation sites (N-methyl/N-ethyl adjacent to an activating group) is 1. The summed E-state index contributed by atoms with van der Waals surface area (Å²) in [5.41, 5.74) is 4.19. The first-order chi connectivity index (χ1) is 9.72. The van der Waals surface area contributed by atoms with Crippen molar-refractivity contribution >= 4 is 0 Å². The van der Waals surface area contributed by atoms with Crippen molar-refractivity contribution in [3.8, 4) is 6.07 Å². The van der Waals surface area contributed by atoms with Gasteiger partial charge in [0.05, 0.1) is 23.7 Å². The van der Waals surface area contributed by atoms with Gasteiger partial charge in [0, 0.05) is 25.7 Å². The molecule has 0 bridgehead atoms. The maximum absolute atomic E-state index is 8.88. The minimum absolute atomic E-state index is 0.711. The number of hydrogen-bond acceptors (Lipinski definition) is 3. The minimum atomic E-state index is 0.711. The van der Waals surface area contributed by atoms with Gasteiger partial charge >= 0.3 is 0 Å². The van der Waals surface area contributed by atoms with Crippen LogP contribution >= 0.6 is 0 Å². The van der Waals surface area contributed by atoms with Crippen molar-refractivity contribution < 1.29 is 0 Å². The zero-order chi connectivity index (χ0) is 14.4. The van der Waals surface area contributed by atoms with E-state index in [1.54, 1.807) is 0 Å². The van der Waals surface area contributed by atoms with E-state index < -0.39 is 0 Å². The highest BCUT2D eigenvalue weighted by Gasteiger charge is 2.03. The van der Waals surface area contributed by atoms with Gasteiger partial charge in [-0.15, -0.1) is 0 Å².